The van der Waals surface area contributed by atoms with Crippen molar-refractivity contribution in [1.82, 2.24) is 4.90 Å². The van der Waals surface area contributed by atoms with Gasteiger partial charge in [0.05, 0.1) is 5.56 Å². The van der Waals surface area contributed by atoms with Crippen LogP contribution >= 0.6 is 0 Å². The van der Waals surface area contributed by atoms with E-state index in [1.807, 2.05) is 4.90 Å². The second-order valence-electron chi connectivity index (χ2n) is 5.88. The molecule has 1 saturated heterocycles. The first kappa shape index (κ1) is 17.3. The maximum atomic E-state index is 12.4. The highest BCUT2D eigenvalue weighted by atomic mass is 16.5. The van der Waals surface area contributed by atoms with E-state index >= 15 is 0 Å². The highest BCUT2D eigenvalue weighted by Crippen LogP contribution is 2.20. The Bertz CT molecular complexity index is 553. The van der Waals surface area contributed by atoms with Crippen LogP contribution in [0.3, 0.4) is 0 Å². The van der Waals surface area contributed by atoms with Crippen LogP contribution in [-0.2, 0) is 9.53 Å². The van der Waals surface area contributed by atoms with Gasteiger partial charge < -0.3 is 14.4 Å². The molecule has 0 saturated carbocycles. The quantitative estimate of drug-likeness (QED) is 0.809. The molecule has 2 rings (SSSR count). The molecule has 1 aromatic carbocycles. The number of carbonyl (C=O) groups is 1. The molecular formula is C18H24N2O3. The number of para-hydroxylation sites is 1. The molecule has 1 unspecified atom stereocenters. The number of hydrogen-bond acceptors (Lipinski definition) is 4. The molecule has 0 aromatic heterocycles. The number of carbonyl (C=O) groups excluding carboxylic acids is 1. The molecule has 1 heterocycles. The van der Waals surface area contributed by atoms with Crippen molar-refractivity contribution in [3.63, 3.8) is 0 Å². The van der Waals surface area contributed by atoms with Gasteiger partial charge in [-0.25, -0.2) is 0 Å². The molecule has 1 aromatic rings. The predicted molar refractivity (Wildman–Crippen MR) is 87.1 cm³/mol. The van der Waals surface area contributed by atoms with Gasteiger partial charge in [-0.05, 0) is 37.3 Å². The van der Waals surface area contributed by atoms with E-state index in [4.69, 9.17) is 14.7 Å². The van der Waals surface area contributed by atoms with E-state index < -0.39 is 0 Å². The van der Waals surface area contributed by atoms with Crippen molar-refractivity contribution in [1.29, 1.82) is 5.26 Å². The highest BCUT2D eigenvalue weighted by Gasteiger charge is 2.22. The lowest BCUT2D eigenvalue weighted by Gasteiger charge is -2.24. The standard InChI is InChI=1S/C18H24N2O3/c1-22-11-9-15-6-4-5-10-20(13-15)18(21)14-23-17-8-3-2-7-16(17)12-19/h2-3,7-8,15H,4-6,9-11,13-14H2,1H3. The zero-order valence-corrected chi connectivity index (χ0v) is 13.7. The smallest absolute Gasteiger partial charge is 0.260 e. The second kappa shape index (κ2) is 9.16. The summed E-state index contributed by atoms with van der Waals surface area (Å²) < 4.78 is 10.7. The van der Waals surface area contributed by atoms with Crippen LogP contribution < -0.4 is 4.74 Å². The number of methoxy groups -OCH3 is 1. The molecule has 0 radical (unpaired) electrons. The van der Waals surface area contributed by atoms with Crippen LogP contribution in [0.5, 0.6) is 5.75 Å². The van der Waals surface area contributed by atoms with Gasteiger partial charge in [-0.1, -0.05) is 18.6 Å². The van der Waals surface area contributed by atoms with Gasteiger partial charge in [0.25, 0.3) is 5.91 Å². The lowest BCUT2D eigenvalue weighted by molar-refractivity contribution is -0.133. The molecule has 1 atom stereocenters. The van der Waals surface area contributed by atoms with Gasteiger partial charge in [0.1, 0.15) is 11.8 Å². The average Bonchev–Trinajstić information content (AvgIpc) is 2.83. The van der Waals surface area contributed by atoms with Crippen molar-refractivity contribution in [3.8, 4) is 11.8 Å². The van der Waals surface area contributed by atoms with E-state index in [0.717, 1.165) is 45.4 Å². The van der Waals surface area contributed by atoms with E-state index in [9.17, 15) is 4.79 Å². The summed E-state index contributed by atoms with van der Waals surface area (Å²) >= 11 is 0. The normalized spacial score (nSPS) is 18.1. The zero-order valence-electron chi connectivity index (χ0n) is 13.7. The summed E-state index contributed by atoms with van der Waals surface area (Å²) in [7, 11) is 1.71. The van der Waals surface area contributed by atoms with E-state index in [1.165, 1.54) is 0 Å². The van der Waals surface area contributed by atoms with Crippen LogP contribution in [0.1, 0.15) is 31.2 Å². The zero-order chi connectivity index (χ0) is 16.5. The third-order valence-corrected chi connectivity index (χ3v) is 4.21. The summed E-state index contributed by atoms with van der Waals surface area (Å²) in [6.07, 6.45) is 4.31. The monoisotopic (exact) mass is 316 g/mol. The van der Waals surface area contributed by atoms with Gasteiger partial charge >= 0.3 is 0 Å². The molecule has 1 amide bonds. The van der Waals surface area contributed by atoms with Gasteiger partial charge in [-0.3, -0.25) is 4.79 Å². The predicted octanol–water partition coefficient (Wildman–Crippen LogP) is 2.60. The van der Waals surface area contributed by atoms with Crippen LogP contribution in [0.15, 0.2) is 24.3 Å². The Morgan fingerprint density at radius 1 is 1.39 bits per heavy atom. The first-order valence-electron chi connectivity index (χ1n) is 8.13. The Morgan fingerprint density at radius 2 is 2.22 bits per heavy atom. The minimum atomic E-state index is -0.0182. The van der Waals surface area contributed by atoms with Crippen LogP contribution in [0.2, 0.25) is 0 Å². The fraction of sp³-hybridized carbons (Fsp3) is 0.556. The largest absolute Gasteiger partial charge is 0.482 e. The summed E-state index contributed by atoms with van der Waals surface area (Å²) in [5, 5.41) is 9.05. The SMILES string of the molecule is COCCC1CCCCN(C(=O)COc2ccccc2C#N)C1. The number of amides is 1. The van der Waals surface area contributed by atoms with Crippen molar-refractivity contribution in [2.24, 2.45) is 5.92 Å². The second-order valence-corrected chi connectivity index (χ2v) is 5.88. The third kappa shape index (κ3) is 5.26. The lowest BCUT2D eigenvalue weighted by atomic mass is 10.00. The fourth-order valence-electron chi connectivity index (χ4n) is 2.89. The molecule has 5 nitrogen and oxygen atoms in total. The van der Waals surface area contributed by atoms with Crippen molar-refractivity contribution in [2.45, 2.75) is 25.7 Å². The summed E-state index contributed by atoms with van der Waals surface area (Å²) in [4.78, 5) is 14.3. The summed E-state index contributed by atoms with van der Waals surface area (Å²) in [5.41, 5.74) is 0.453. The molecule has 0 bridgehead atoms. The molecular weight excluding hydrogens is 292 g/mol. The number of nitrogens with zero attached hydrogens (tertiary/aromatic N) is 2. The summed E-state index contributed by atoms with van der Waals surface area (Å²) in [5.74, 6) is 0.948. The van der Waals surface area contributed by atoms with Gasteiger partial charge in [-0.15, -0.1) is 0 Å². The molecule has 0 spiro atoms. The third-order valence-electron chi connectivity index (χ3n) is 4.21. The van der Waals surface area contributed by atoms with Crippen molar-refractivity contribution in [3.05, 3.63) is 29.8 Å². The Kier molecular flexibility index (Phi) is 6.89. The van der Waals surface area contributed by atoms with E-state index in [1.54, 1.807) is 31.4 Å². The fourth-order valence-corrected chi connectivity index (χ4v) is 2.89. The summed E-state index contributed by atoms with van der Waals surface area (Å²) in [6, 6.07) is 9.06. The molecule has 1 aliphatic heterocycles. The van der Waals surface area contributed by atoms with E-state index in [2.05, 4.69) is 6.07 Å². The number of likely N-dealkylation sites (tertiary alicyclic amines) is 1. The lowest BCUT2D eigenvalue weighted by Crippen LogP contribution is -2.38. The maximum absolute atomic E-state index is 12.4. The van der Waals surface area contributed by atoms with Crippen molar-refractivity contribution >= 4 is 5.91 Å². The molecule has 0 N–H and O–H groups in total. The van der Waals surface area contributed by atoms with Gasteiger partial charge in [0.2, 0.25) is 0 Å². The van der Waals surface area contributed by atoms with Crippen LogP contribution in [0.4, 0.5) is 0 Å². The van der Waals surface area contributed by atoms with Crippen LogP contribution in [0, 0.1) is 17.2 Å². The number of rotatable bonds is 6. The number of ether oxygens (including phenoxy) is 2. The van der Waals surface area contributed by atoms with Gasteiger partial charge in [0, 0.05) is 26.8 Å². The van der Waals surface area contributed by atoms with Crippen LogP contribution in [-0.4, -0.2) is 44.2 Å². The Labute approximate surface area is 137 Å². The Hall–Kier alpha value is -2.06. The van der Waals surface area contributed by atoms with Gasteiger partial charge in [0.15, 0.2) is 6.61 Å². The minimum Gasteiger partial charge on any atom is -0.482 e. The van der Waals surface area contributed by atoms with E-state index in [-0.39, 0.29) is 12.5 Å². The van der Waals surface area contributed by atoms with E-state index in [0.29, 0.717) is 17.2 Å². The molecule has 1 aliphatic rings. The van der Waals surface area contributed by atoms with Crippen LogP contribution in [0.25, 0.3) is 0 Å². The van der Waals surface area contributed by atoms with Crippen molar-refractivity contribution in [2.75, 3.05) is 33.4 Å². The molecule has 23 heavy (non-hydrogen) atoms. The Balaban J connectivity index is 1.90. The number of hydrogen-bond donors (Lipinski definition) is 0. The first-order valence-corrected chi connectivity index (χ1v) is 8.13. The minimum absolute atomic E-state index is 0.0120. The summed E-state index contributed by atoms with van der Waals surface area (Å²) in [6.45, 7) is 2.27. The topological polar surface area (TPSA) is 62.6 Å². The maximum Gasteiger partial charge on any atom is 0.260 e. The van der Waals surface area contributed by atoms with Gasteiger partial charge in [-0.2, -0.15) is 5.26 Å². The molecule has 5 heteroatoms. The first-order chi connectivity index (χ1) is 11.2. The van der Waals surface area contributed by atoms with Crippen molar-refractivity contribution < 1.29 is 14.3 Å². The number of benzene rings is 1. The molecule has 0 aliphatic carbocycles. The molecule has 1 fully saturated rings. The average molecular weight is 316 g/mol. The molecule has 124 valence electrons. The highest BCUT2D eigenvalue weighted by molar-refractivity contribution is 5.77. The Morgan fingerprint density at radius 3 is 3.00 bits per heavy atom. The number of nitriles is 1.